The lowest BCUT2D eigenvalue weighted by Crippen LogP contribution is -2.01. The van der Waals surface area contributed by atoms with Crippen molar-refractivity contribution in [1.29, 1.82) is 0 Å². The van der Waals surface area contributed by atoms with Crippen molar-refractivity contribution in [3.05, 3.63) is 194 Å². The Morgan fingerprint density at radius 2 is 0.567 bits per heavy atom. The van der Waals surface area contributed by atoms with Gasteiger partial charge >= 0.3 is 0 Å². The van der Waals surface area contributed by atoms with Gasteiger partial charge in [-0.3, -0.25) is 0 Å². The van der Waals surface area contributed by atoms with Crippen molar-refractivity contribution >= 4 is 87.7 Å². The molecule has 0 amide bonds. The molecule has 0 atom stereocenters. The highest BCUT2D eigenvalue weighted by molar-refractivity contribution is 6.19. The van der Waals surface area contributed by atoms with Gasteiger partial charge in [-0.25, -0.2) is 19.9 Å². The summed E-state index contributed by atoms with van der Waals surface area (Å²) < 4.78 is 4.74. The normalized spacial score (nSPS) is 12.0. The second-order valence-electron chi connectivity index (χ2n) is 15.4. The predicted octanol–water partition coefficient (Wildman–Crippen LogP) is 13.4. The number of hydrogen-bond acceptors (Lipinski definition) is 4. The Morgan fingerprint density at radius 1 is 0.267 bits per heavy atom. The Labute approximate surface area is 343 Å². The van der Waals surface area contributed by atoms with Crippen LogP contribution in [0, 0.1) is 0 Å². The van der Waals surface area contributed by atoms with Crippen molar-refractivity contribution in [2.75, 3.05) is 0 Å². The summed E-state index contributed by atoms with van der Waals surface area (Å²) in [5.74, 6) is 0. The summed E-state index contributed by atoms with van der Waals surface area (Å²) in [5, 5.41) is 4.88. The third-order valence-electron chi connectivity index (χ3n) is 12.0. The smallest absolute Gasteiger partial charge is 0.118 e. The second kappa shape index (κ2) is 12.6. The SMILES string of the molecule is c1cc(-c2c(-c3cccc(-n4c5ccccc5c5ccccc54)c3)c3nc4ccccc4nc3c3nc4ccccc4nc23)cc(-n2c3ccccc3c3ccccc32)c1. The Balaban J connectivity index is 1.17. The average molecular weight is 765 g/mol. The van der Waals surface area contributed by atoms with Gasteiger partial charge in [-0.2, -0.15) is 0 Å². The highest BCUT2D eigenvalue weighted by Gasteiger charge is 2.24. The molecule has 0 N–H and O–H groups in total. The van der Waals surface area contributed by atoms with Gasteiger partial charge < -0.3 is 9.13 Å². The van der Waals surface area contributed by atoms with E-state index >= 15 is 0 Å². The molecule has 0 aliphatic rings. The van der Waals surface area contributed by atoms with E-state index in [-0.39, 0.29) is 0 Å². The summed E-state index contributed by atoms with van der Waals surface area (Å²) in [6, 6.07) is 68.5. The summed E-state index contributed by atoms with van der Waals surface area (Å²) in [4.78, 5) is 21.6. The van der Waals surface area contributed by atoms with Gasteiger partial charge in [0.15, 0.2) is 0 Å². The van der Waals surface area contributed by atoms with Gasteiger partial charge in [0.05, 0.1) is 44.1 Å². The molecule has 0 unspecified atom stereocenters. The van der Waals surface area contributed by atoms with Crippen LogP contribution < -0.4 is 0 Å². The van der Waals surface area contributed by atoms with Gasteiger partial charge in [0.2, 0.25) is 0 Å². The molecule has 6 nitrogen and oxygen atoms in total. The zero-order valence-electron chi connectivity index (χ0n) is 32.2. The van der Waals surface area contributed by atoms with Crippen molar-refractivity contribution in [3.8, 4) is 33.6 Å². The fourth-order valence-corrected chi connectivity index (χ4v) is 9.48. The van der Waals surface area contributed by atoms with E-state index in [2.05, 4.69) is 155 Å². The Bertz CT molecular complexity index is 3550. The highest BCUT2D eigenvalue weighted by Crippen LogP contribution is 2.45. The van der Waals surface area contributed by atoms with Crippen LogP contribution in [0.2, 0.25) is 0 Å². The Kier molecular flexibility index (Phi) is 6.91. The van der Waals surface area contributed by atoms with Gasteiger partial charge in [0.1, 0.15) is 22.1 Å². The van der Waals surface area contributed by atoms with Crippen LogP contribution in [0.15, 0.2) is 194 Å². The quantitative estimate of drug-likeness (QED) is 0.132. The maximum atomic E-state index is 5.47. The molecule has 0 aliphatic carbocycles. The number of hydrogen-bond donors (Lipinski definition) is 0. The van der Waals surface area contributed by atoms with Gasteiger partial charge in [0, 0.05) is 44.0 Å². The molecule has 13 rings (SSSR count). The first-order chi connectivity index (χ1) is 29.8. The molecule has 60 heavy (non-hydrogen) atoms. The van der Waals surface area contributed by atoms with Crippen LogP contribution >= 0.6 is 0 Å². The molecule has 0 aliphatic heterocycles. The number of nitrogens with zero attached hydrogens (tertiary/aromatic N) is 6. The fourth-order valence-electron chi connectivity index (χ4n) is 9.48. The molecule has 0 bridgehead atoms. The first-order valence-corrected chi connectivity index (χ1v) is 20.2. The van der Waals surface area contributed by atoms with Gasteiger partial charge in [-0.15, -0.1) is 0 Å². The number of fused-ring (bicyclic) bond motifs is 11. The van der Waals surface area contributed by atoms with Gasteiger partial charge in [-0.1, -0.05) is 121 Å². The van der Waals surface area contributed by atoms with Crippen LogP contribution in [0.3, 0.4) is 0 Å². The van der Waals surface area contributed by atoms with Crippen molar-refractivity contribution in [1.82, 2.24) is 29.1 Å². The molecule has 6 heteroatoms. The number of para-hydroxylation sites is 8. The average Bonchev–Trinajstić information content (AvgIpc) is 3.83. The minimum Gasteiger partial charge on any atom is -0.309 e. The molecular formula is C54H32N6. The molecule has 0 saturated carbocycles. The molecular weight excluding hydrogens is 733 g/mol. The van der Waals surface area contributed by atoms with Crippen LogP contribution in [0.25, 0.3) is 121 Å². The first kappa shape index (κ1) is 32.8. The van der Waals surface area contributed by atoms with E-state index in [9.17, 15) is 0 Å². The highest BCUT2D eigenvalue weighted by atomic mass is 15.0. The summed E-state index contributed by atoms with van der Waals surface area (Å²) in [5.41, 5.74) is 17.0. The largest absolute Gasteiger partial charge is 0.309 e. The van der Waals surface area contributed by atoms with E-state index in [4.69, 9.17) is 19.9 Å². The van der Waals surface area contributed by atoms with E-state index in [1.54, 1.807) is 0 Å². The molecule has 0 saturated heterocycles. The lowest BCUT2D eigenvalue weighted by molar-refractivity contribution is 1.18. The van der Waals surface area contributed by atoms with Gasteiger partial charge in [0.25, 0.3) is 0 Å². The van der Waals surface area contributed by atoms with Crippen LogP contribution in [0.4, 0.5) is 0 Å². The van der Waals surface area contributed by atoms with E-state index in [1.807, 2.05) is 48.5 Å². The molecule has 278 valence electrons. The molecule has 0 spiro atoms. The minimum absolute atomic E-state index is 0.724. The number of benzene rings is 9. The number of rotatable bonds is 4. The summed E-state index contributed by atoms with van der Waals surface area (Å²) in [6.07, 6.45) is 0. The summed E-state index contributed by atoms with van der Waals surface area (Å²) >= 11 is 0. The van der Waals surface area contributed by atoms with Crippen LogP contribution in [0.1, 0.15) is 0 Å². The molecule has 0 fully saturated rings. The van der Waals surface area contributed by atoms with E-state index in [1.165, 1.54) is 21.5 Å². The van der Waals surface area contributed by atoms with Gasteiger partial charge in [-0.05, 0) is 83.9 Å². The monoisotopic (exact) mass is 764 g/mol. The molecule has 13 aromatic rings. The molecule has 0 radical (unpaired) electrons. The summed E-state index contributed by atoms with van der Waals surface area (Å²) in [6.45, 7) is 0. The molecule has 9 aromatic carbocycles. The maximum Gasteiger partial charge on any atom is 0.118 e. The van der Waals surface area contributed by atoms with Crippen LogP contribution in [0.5, 0.6) is 0 Å². The zero-order chi connectivity index (χ0) is 39.3. The third-order valence-corrected chi connectivity index (χ3v) is 12.0. The van der Waals surface area contributed by atoms with E-state index in [0.717, 1.165) is 99.8 Å². The fraction of sp³-hybridized carbons (Fsp3) is 0. The lowest BCUT2D eigenvalue weighted by atomic mass is 9.90. The van der Waals surface area contributed by atoms with Crippen LogP contribution in [-0.4, -0.2) is 29.1 Å². The Hall–Kier alpha value is -8.22. The van der Waals surface area contributed by atoms with E-state index in [0.29, 0.717) is 0 Å². The topological polar surface area (TPSA) is 61.4 Å². The predicted molar refractivity (Wildman–Crippen MR) is 247 cm³/mol. The first-order valence-electron chi connectivity index (χ1n) is 20.2. The minimum atomic E-state index is 0.724. The van der Waals surface area contributed by atoms with Crippen molar-refractivity contribution in [2.24, 2.45) is 0 Å². The van der Waals surface area contributed by atoms with Crippen molar-refractivity contribution in [2.45, 2.75) is 0 Å². The standard InChI is InChI=1S/C54H32N6/c1-9-27-45-37(19-1)38-20-2-10-28-46(38)59(45)35-17-13-15-33(31-35)49-50(34-16-14-18-36(32-34)60-47-29-11-3-21-39(47)40-22-4-12-30-48(40)60)52-54(58-44-26-8-6-24-42(44)56-52)53-51(49)55-41-23-5-7-25-43(41)57-53/h1-32H. The van der Waals surface area contributed by atoms with Crippen LogP contribution in [-0.2, 0) is 0 Å². The zero-order valence-corrected chi connectivity index (χ0v) is 32.2. The third kappa shape index (κ3) is 4.76. The lowest BCUT2D eigenvalue weighted by Gasteiger charge is -2.19. The summed E-state index contributed by atoms with van der Waals surface area (Å²) in [7, 11) is 0. The maximum absolute atomic E-state index is 5.47. The molecule has 4 aromatic heterocycles. The molecule has 4 heterocycles. The van der Waals surface area contributed by atoms with E-state index < -0.39 is 0 Å². The number of aromatic nitrogens is 6. The Morgan fingerprint density at radius 3 is 0.917 bits per heavy atom. The second-order valence-corrected chi connectivity index (χ2v) is 15.4. The van der Waals surface area contributed by atoms with Crippen molar-refractivity contribution < 1.29 is 0 Å². The van der Waals surface area contributed by atoms with Crippen molar-refractivity contribution in [3.63, 3.8) is 0 Å².